The first-order valence-corrected chi connectivity index (χ1v) is 10.6. The van der Waals surface area contributed by atoms with Crippen LogP contribution in [0.3, 0.4) is 0 Å². The third kappa shape index (κ3) is 8.25. The molecule has 0 heterocycles. The Labute approximate surface area is 182 Å². The minimum absolute atomic E-state index is 0.215. The van der Waals surface area contributed by atoms with Crippen molar-refractivity contribution in [3.05, 3.63) is 29.8 Å². The van der Waals surface area contributed by atoms with E-state index in [1.807, 2.05) is 65.8 Å². The zero-order chi connectivity index (χ0) is 23.3. The molecular formula is C24H40N2O4. The number of carboxylic acid groups (broad SMARTS) is 1. The second-order valence-corrected chi connectivity index (χ2v) is 10.5. The first kappa shape index (κ1) is 25.8. The lowest BCUT2D eigenvalue weighted by atomic mass is 9.72. The van der Waals surface area contributed by atoms with E-state index in [0.29, 0.717) is 12.5 Å². The summed E-state index contributed by atoms with van der Waals surface area (Å²) < 4.78 is 5.90. The van der Waals surface area contributed by atoms with E-state index in [9.17, 15) is 14.7 Å². The second-order valence-electron chi connectivity index (χ2n) is 10.5. The summed E-state index contributed by atoms with van der Waals surface area (Å²) in [6.07, 6.45) is -0.339. The monoisotopic (exact) mass is 420 g/mol. The van der Waals surface area contributed by atoms with Gasteiger partial charge in [-0.1, -0.05) is 46.8 Å². The summed E-state index contributed by atoms with van der Waals surface area (Å²) in [5.74, 6) is 0.640. The zero-order valence-corrected chi connectivity index (χ0v) is 20.1. The smallest absolute Gasteiger partial charge is 0.405 e. The van der Waals surface area contributed by atoms with E-state index in [0.717, 1.165) is 17.7 Å². The molecule has 2 unspecified atom stereocenters. The number of carbonyl (C=O) groups is 2. The second kappa shape index (κ2) is 10.2. The minimum Gasteiger partial charge on any atom is -0.488 e. The molecule has 0 bridgehead atoms. The Balaban J connectivity index is 3.28. The molecule has 0 fully saturated rings. The molecule has 1 aromatic rings. The molecule has 0 spiro atoms. The standard InChI is InChI=1S/C24H40N2O4/c1-16(2)14-15-26(9)21(27)20(25-22(28)29)19(23(3,4)5)17-10-12-18(13-11-17)30-24(6,7)8/h10-13,16,19-20,25H,14-15H2,1-9H3,(H,28,29). The molecule has 0 radical (unpaired) electrons. The molecule has 1 aromatic carbocycles. The van der Waals surface area contributed by atoms with Crippen molar-refractivity contribution in [2.45, 2.75) is 79.4 Å². The maximum Gasteiger partial charge on any atom is 0.405 e. The Bertz CT molecular complexity index is 699. The van der Waals surface area contributed by atoms with E-state index >= 15 is 0 Å². The third-order valence-electron chi connectivity index (χ3n) is 4.89. The summed E-state index contributed by atoms with van der Waals surface area (Å²) in [4.78, 5) is 26.5. The zero-order valence-electron chi connectivity index (χ0n) is 20.1. The van der Waals surface area contributed by atoms with Crippen molar-refractivity contribution in [2.24, 2.45) is 11.3 Å². The van der Waals surface area contributed by atoms with Gasteiger partial charge < -0.3 is 20.1 Å². The summed E-state index contributed by atoms with van der Waals surface area (Å²) in [5, 5.41) is 12.0. The summed E-state index contributed by atoms with van der Waals surface area (Å²) in [6, 6.07) is 6.73. The largest absolute Gasteiger partial charge is 0.488 e. The molecule has 0 saturated heterocycles. The van der Waals surface area contributed by atoms with Crippen LogP contribution in [-0.4, -0.2) is 47.2 Å². The third-order valence-corrected chi connectivity index (χ3v) is 4.89. The van der Waals surface area contributed by atoms with Gasteiger partial charge in [0.1, 0.15) is 17.4 Å². The quantitative estimate of drug-likeness (QED) is 0.611. The molecule has 170 valence electrons. The number of nitrogens with one attached hydrogen (secondary N) is 1. The van der Waals surface area contributed by atoms with Crippen molar-refractivity contribution in [2.75, 3.05) is 13.6 Å². The molecule has 6 heteroatoms. The first-order valence-electron chi connectivity index (χ1n) is 10.6. The van der Waals surface area contributed by atoms with Gasteiger partial charge in [-0.15, -0.1) is 0 Å². The van der Waals surface area contributed by atoms with Crippen LogP contribution >= 0.6 is 0 Å². The first-order chi connectivity index (χ1) is 13.6. The van der Waals surface area contributed by atoms with Gasteiger partial charge in [0, 0.05) is 19.5 Å². The van der Waals surface area contributed by atoms with Gasteiger partial charge in [-0.2, -0.15) is 0 Å². The van der Waals surface area contributed by atoms with Gasteiger partial charge in [0.05, 0.1) is 0 Å². The van der Waals surface area contributed by atoms with Gasteiger partial charge in [-0.25, -0.2) is 4.79 Å². The van der Waals surface area contributed by atoms with Crippen molar-refractivity contribution >= 4 is 12.0 Å². The highest BCUT2D eigenvalue weighted by Gasteiger charge is 2.40. The summed E-state index contributed by atoms with van der Waals surface area (Å²) >= 11 is 0. The molecule has 2 atom stereocenters. The van der Waals surface area contributed by atoms with Crippen LogP contribution < -0.4 is 10.1 Å². The molecule has 6 nitrogen and oxygen atoms in total. The number of ether oxygens (including phenoxy) is 1. The van der Waals surface area contributed by atoms with Gasteiger partial charge in [0.2, 0.25) is 5.91 Å². The van der Waals surface area contributed by atoms with Crippen molar-refractivity contribution in [1.29, 1.82) is 0 Å². The number of likely N-dealkylation sites (N-methyl/N-ethyl adjacent to an activating group) is 1. The molecule has 0 aromatic heterocycles. The van der Waals surface area contributed by atoms with Crippen LogP contribution in [0.1, 0.15) is 73.3 Å². The topological polar surface area (TPSA) is 78.9 Å². The number of carbonyl (C=O) groups excluding carboxylic acids is 1. The summed E-state index contributed by atoms with van der Waals surface area (Å²) in [7, 11) is 1.74. The van der Waals surface area contributed by atoms with E-state index in [2.05, 4.69) is 19.2 Å². The maximum absolute atomic E-state index is 13.3. The van der Waals surface area contributed by atoms with Crippen molar-refractivity contribution < 1.29 is 19.4 Å². The molecule has 0 aliphatic carbocycles. The average Bonchev–Trinajstić information content (AvgIpc) is 2.57. The molecule has 0 saturated carbocycles. The van der Waals surface area contributed by atoms with Gasteiger partial charge in [-0.05, 0) is 56.2 Å². The molecular weight excluding hydrogens is 380 g/mol. The van der Waals surface area contributed by atoms with Gasteiger partial charge in [0.15, 0.2) is 0 Å². The number of amides is 2. The van der Waals surface area contributed by atoms with Crippen LogP contribution in [0.5, 0.6) is 5.75 Å². The Morgan fingerprint density at radius 2 is 1.60 bits per heavy atom. The van der Waals surface area contributed by atoms with Crippen molar-refractivity contribution in [1.82, 2.24) is 10.2 Å². The number of benzene rings is 1. The van der Waals surface area contributed by atoms with Gasteiger partial charge in [0.25, 0.3) is 0 Å². The molecule has 30 heavy (non-hydrogen) atoms. The fourth-order valence-electron chi connectivity index (χ4n) is 3.51. The SMILES string of the molecule is CC(C)CCN(C)C(=O)C(NC(=O)O)C(c1ccc(OC(C)(C)C)cc1)C(C)(C)C. The predicted molar refractivity (Wildman–Crippen MR) is 121 cm³/mol. The maximum atomic E-state index is 13.3. The van der Waals surface area contributed by atoms with Crippen LogP contribution in [-0.2, 0) is 4.79 Å². The lowest BCUT2D eigenvalue weighted by Gasteiger charge is -2.38. The highest BCUT2D eigenvalue weighted by Crippen LogP contribution is 2.39. The number of hydrogen-bond acceptors (Lipinski definition) is 3. The van der Waals surface area contributed by atoms with Crippen LogP contribution in [0.25, 0.3) is 0 Å². The molecule has 2 N–H and O–H groups in total. The molecule has 0 aliphatic heterocycles. The van der Waals surface area contributed by atoms with Gasteiger partial charge in [-0.3, -0.25) is 4.79 Å². The minimum atomic E-state index is -1.20. The van der Waals surface area contributed by atoms with Crippen molar-refractivity contribution in [3.8, 4) is 5.75 Å². The number of rotatable bonds is 8. The van der Waals surface area contributed by atoms with E-state index in [-0.39, 0.29) is 22.8 Å². The molecule has 0 aliphatic rings. The van der Waals surface area contributed by atoms with E-state index < -0.39 is 12.1 Å². The van der Waals surface area contributed by atoms with Gasteiger partial charge >= 0.3 is 6.09 Å². The Morgan fingerprint density at radius 3 is 2.00 bits per heavy atom. The normalized spacial score (nSPS) is 14.2. The molecule has 2 amide bonds. The van der Waals surface area contributed by atoms with Crippen molar-refractivity contribution in [3.63, 3.8) is 0 Å². The lowest BCUT2D eigenvalue weighted by molar-refractivity contribution is -0.133. The Kier molecular flexibility index (Phi) is 8.76. The number of nitrogens with zero attached hydrogens (tertiary/aromatic N) is 1. The summed E-state index contributed by atoms with van der Waals surface area (Å²) in [6.45, 7) is 16.8. The fourth-order valence-corrected chi connectivity index (χ4v) is 3.51. The molecule has 1 rings (SSSR count). The summed E-state index contributed by atoms with van der Waals surface area (Å²) in [5.41, 5.74) is 0.231. The number of hydrogen-bond donors (Lipinski definition) is 2. The highest BCUT2D eigenvalue weighted by atomic mass is 16.5. The van der Waals surface area contributed by atoms with Crippen LogP contribution in [0.2, 0.25) is 0 Å². The van der Waals surface area contributed by atoms with Crippen LogP contribution in [0.4, 0.5) is 4.79 Å². The Morgan fingerprint density at radius 1 is 1.07 bits per heavy atom. The van der Waals surface area contributed by atoms with E-state index in [4.69, 9.17) is 4.74 Å². The lowest BCUT2D eigenvalue weighted by Crippen LogP contribution is -2.53. The highest BCUT2D eigenvalue weighted by molar-refractivity contribution is 5.86. The fraction of sp³-hybridized carbons (Fsp3) is 0.667. The van der Waals surface area contributed by atoms with E-state index in [1.54, 1.807) is 11.9 Å². The van der Waals surface area contributed by atoms with Crippen LogP contribution in [0, 0.1) is 11.3 Å². The Hall–Kier alpha value is -2.24. The average molecular weight is 421 g/mol. The van der Waals surface area contributed by atoms with E-state index in [1.165, 1.54) is 0 Å². The predicted octanol–water partition coefficient (Wildman–Crippen LogP) is 5.13. The van der Waals surface area contributed by atoms with Crippen LogP contribution in [0.15, 0.2) is 24.3 Å².